The van der Waals surface area contributed by atoms with E-state index in [1.807, 2.05) is 14.1 Å². The van der Waals surface area contributed by atoms with Crippen molar-refractivity contribution in [3.05, 3.63) is 0 Å². The van der Waals surface area contributed by atoms with E-state index in [9.17, 15) is 0 Å². The van der Waals surface area contributed by atoms with Gasteiger partial charge in [0.2, 0.25) is 5.90 Å². The van der Waals surface area contributed by atoms with Crippen LogP contribution in [-0.4, -0.2) is 31.6 Å². The second-order valence-electron chi connectivity index (χ2n) is 2.65. The fourth-order valence-electron chi connectivity index (χ4n) is 0.942. The molecule has 0 aromatic carbocycles. The van der Waals surface area contributed by atoms with Crippen LogP contribution in [-0.2, 0) is 4.74 Å². The molecule has 1 aliphatic heterocycles. The zero-order chi connectivity index (χ0) is 7.40. The molecule has 1 heterocycles. The van der Waals surface area contributed by atoms with E-state index in [4.69, 9.17) is 4.74 Å². The van der Waals surface area contributed by atoms with Crippen LogP contribution in [0.5, 0.6) is 0 Å². The zero-order valence-electron chi connectivity index (χ0n) is 6.63. The molecule has 1 rings (SSSR count). The van der Waals surface area contributed by atoms with Gasteiger partial charge in [-0.2, -0.15) is 0 Å². The largest absolute Gasteiger partial charge is 0.480 e. The van der Waals surface area contributed by atoms with Crippen LogP contribution in [0.1, 0.15) is 19.3 Å². The van der Waals surface area contributed by atoms with Gasteiger partial charge in [-0.3, -0.25) is 5.01 Å². The van der Waals surface area contributed by atoms with Crippen LogP contribution in [0.4, 0.5) is 0 Å². The van der Waals surface area contributed by atoms with Crippen LogP contribution in [0.15, 0.2) is 5.10 Å². The molecule has 0 atom stereocenters. The standard InChI is InChI=1S/C7H14N2O/c1-9(2)8-7-5-3-4-6-10-7/h3-6H2,1-2H3/b8-7+. The summed E-state index contributed by atoms with van der Waals surface area (Å²) in [5.74, 6) is 0.885. The van der Waals surface area contributed by atoms with Crippen LogP contribution in [0.25, 0.3) is 0 Å². The van der Waals surface area contributed by atoms with Crippen LogP contribution in [0.3, 0.4) is 0 Å². The lowest BCUT2D eigenvalue weighted by Crippen LogP contribution is -2.16. The topological polar surface area (TPSA) is 24.8 Å². The van der Waals surface area contributed by atoms with Gasteiger partial charge in [0.1, 0.15) is 0 Å². The first-order valence-corrected chi connectivity index (χ1v) is 3.66. The van der Waals surface area contributed by atoms with Gasteiger partial charge in [-0.15, -0.1) is 5.10 Å². The molecule has 3 nitrogen and oxygen atoms in total. The van der Waals surface area contributed by atoms with Gasteiger partial charge in [0.05, 0.1) is 6.61 Å². The summed E-state index contributed by atoms with van der Waals surface area (Å²) < 4.78 is 5.30. The summed E-state index contributed by atoms with van der Waals surface area (Å²) in [4.78, 5) is 0. The van der Waals surface area contributed by atoms with E-state index in [1.54, 1.807) is 5.01 Å². The third-order valence-corrected chi connectivity index (χ3v) is 1.37. The lowest BCUT2D eigenvalue weighted by molar-refractivity contribution is 0.247. The van der Waals surface area contributed by atoms with Crippen molar-refractivity contribution in [3.63, 3.8) is 0 Å². The Hall–Kier alpha value is -0.730. The third kappa shape index (κ3) is 2.25. The monoisotopic (exact) mass is 142 g/mol. The van der Waals surface area contributed by atoms with Crippen LogP contribution in [0.2, 0.25) is 0 Å². The molecule has 0 aliphatic carbocycles. The maximum Gasteiger partial charge on any atom is 0.205 e. The number of ether oxygens (including phenoxy) is 1. The minimum Gasteiger partial charge on any atom is -0.480 e. The van der Waals surface area contributed by atoms with E-state index in [0.717, 1.165) is 18.9 Å². The summed E-state index contributed by atoms with van der Waals surface area (Å²) in [7, 11) is 3.82. The number of hydrazone groups is 1. The van der Waals surface area contributed by atoms with Gasteiger partial charge in [-0.05, 0) is 12.8 Å². The van der Waals surface area contributed by atoms with Gasteiger partial charge in [0.15, 0.2) is 0 Å². The molecule has 0 aromatic rings. The molecule has 58 valence electrons. The molecule has 0 spiro atoms. The molecular weight excluding hydrogens is 128 g/mol. The summed E-state index contributed by atoms with van der Waals surface area (Å²) in [5, 5.41) is 5.94. The fourth-order valence-corrected chi connectivity index (χ4v) is 0.942. The van der Waals surface area contributed by atoms with Gasteiger partial charge in [-0.25, -0.2) is 0 Å². The first kappa shape index (κ1) is 7.38. The highest BCUT2D eigenvalue weighted by Gasteiger charge is 2.06. The maximum atomic E-state index is 5.30. The molecule has 0 unspecified atom stereocenters. The molecule has 0 amide bonds. The quantitative estimate of drug-likeness (QED) is 0.511. The van der Waals surface area contributed by atoms with E-state index < -0.39 is 0 Å². The van der Waals surface area contributed by atoms with Crippen molar-refractivity contribution in [1.82, 2.24) is 5.01 Å². The Morgan fingerprint density at radius 2 is 2.20 bits per heavy atom. The van der Waals surface area contributed by atoms with Crippen molar-refractivity contribution < 1.29 is 4.74 Å². The Labute approximate surface area is 61.7 Å². The average molecular weight is 142 g/mol. The SMILES string of the molecule is CN(C)/N=C1\CCCCO1. The Kier molecular flexibility index (Phi) is 2.54. The minimum absolute atomic E-state index is 0.840. The lowest BCUT2D eigenvalue weighted by Gasteiger charge is -2.16. The molecule has 0 N–H and O–H groups in total. The van der Waals surface area contributed by atoms with Crippen molar-refractivity contribution in [2.45, 2.75) is 19.3 Å². The average Bonchev–Trinajstić information content (AvgIpc) is 1.88. The molecule has 0 radical (unpaired) electrons. The minimum atomic E-state index is 0.840. The Bertz CT molecular complexity index is 124. The highest BCUT2D eigenvalue weighted by molar-refractivity contribution is 5.76. The first-order valence-electron chi connectivity index (χ1n) is 3.66. The molecule has 0 bridgehead atoms. The summed E-state index contributed by atoms with van der Waals surface area (Å²) in [6.45, 7) is 0.840. The number of rotatable bonds is 1. The second kappa shape index (κ2) is 3.44. The Morgan fingerprint density at radius 1 is 1.40 bits per heavy atom. The van der Waals surface area contributed by atoms with Gasteiger partial charge in [0.25, 0.3) is 0 Å². The summed E-state index contributed by atoms with van der Waals surface area (Å²) in [6.07, 6.45) is 3.39. The first-order chi connectivity index (χ1) is 4.79. The van der Waals surface area contributed by atoms with E-state index in [1.165, 1.54) is 12.8 Å². The predicted molar refractivity (Wildman–Crippen MR) is 40.9 cm³/mol. The van der Waals surface area contributed by atoms with Crippen molar-refractivity contribution >= 4 is 5.90 Å². The Morgan fingerprint density at radius 3 is 2.70 bits per heavy atom. The second-order valence-corrected chi connectivity index (χ2v) is 2.65. The number of hydrogen-bond donors (Lipinski definition) is 0. The number of nitrogens with zero attached hydrogens (tertiary/aromatic N) is 2. The molecular formula is C7H14N2O. The highest BCUT2D eigenvalue weighted by Crippen LogP contribution is 2.07. The van der Waals surface area contributed by atoms with E-state index in [-0.39, 0.29) is 0 Å². The van der Waals surface area contributed by atoms with Crippen molar-refractivity contribution in [2.75, 3.05) is 20.7 Å². The van der Waals surface area contributed by atoms with E-state index in [2.05, 4.69) is 5.10 Å². The summed E-state index contributed by atoms with van der Waals surface area (Å²) in [5.41, 5.74) is 0. The maximum absolute atomic E-state index is 5.30. The molecule has 10 heavy (non-hydrogen) atoms. The highest BCUT2D eigenvalue weighted by atomic mass is 16.5. The molecule has 0 saturated carbocycles. The van der Waals surface area contributed by atoms with E-state index in [0.29, 0.717) is 0 Å². The zero-order valence-corrected chi connectivity index (χ0v) is 6.63. The van der Waals surface area contributed by atoms with Crippen LogP contribution < -0.4 is 0 Å². The van der Waals surface area contributed by atoms with Gasteiger partial charge < -0.3 is 4.74 Å². The van der Waals surface area contributed by atoms with Crippen molar-refractivity contribution in [1.29, 1.82) is 0 Å². The van der Waals surface area contributed by atoms with E-state index >= 15 is 0 Å². The summed E-state index contributed by atoms with van der Waals surface area (Å²) >= 11 is 0. The normalized spacial score (nSPS) is 22.4. The van der Waals surface area contributed by atoms with Gasteiger partial charge in [0, 0.05) is 20.5 Å². The van der Waals surface area contributed by atoms with Crippen molar-refractivity contribution in [3.8, 4) is 0 Å². The number of hydrogen-bond acceptors (Lipinski definition) is 3. The lowest BCUT2D eigenvalue weighted by atomic mass is 10.2. The van der Waals surface area contributed by atoms with Crippen molar-refractivity contribution in [2.24, 2.45) is 5.10 Å². The molecule has 1 fully saturated rings. The summed E-state index contributed by atoms with van der Waals surface area (Å²) in [6, 6.07) is 0. The van der Waals surface area contributed by atoms with Crippen LogP contribution in [0, 0.1) is 0 Å². The van der Waals surface area contributed by atoms with Gasteiger partial charge in [-0.1, -0.05) is 0 Å². The smallest absolute Gasteiger partial charge is 0.205 e. The molecule has 1 aliphatic rings. The third-order valence-electron chi connectivity index (χ3n) is 1.37. The van der Waals surface area contributed by atoms with Crippen LogP contribution >= 0.6 is 0 Å². The molecule has 1 saturated heterocycles. The molecule has 3 heteroatoms. The fraction of sp³-hybridized carbons (Fsp3) is 0.857. The molecule has 0 aromatic heterocycles. The predicted octanol–water partition coefficient (Wildman–Crippen LogP) is 1.06. The van der Waals surface area contributed by atoms with Gasteiger partial charge >= 0.3 is 0 Å². The Balaban J connectivity index is 2.37.